The molecule has 166 valence electrons. The number of ether oxygens (including phenoxy) is 1. The Hall–Kier alpha value is -3.63. The van der Waals surface area contributed by atoms with E-state index in [4.69, 9.17) is 14.8 Å². The zero-order chi connectivity index (χ0) is 22.5. The van der Waals surface area contributed by atoms with E-state index in [9.17, 15) is 9.59 Å². The van der Waals surface area contributed by atoms with E-state index in [1.807, 2.05) is 17.0 Å². The van der Waals surface area contributed by atoms with Gasteiger partial charge in [-0.2, -0.15) is 0 Å². The maximum Gasteiger partial charge on any atom is 0.255 e. The predicted octanol–water partition coefficient (Wildman–Crippen LogP) is 0.537. The minimum Gasteiger partial charge on any atom is -0.395 e. The lowest BCUT2D eigenvalue weighted by Crippen LogP contribution is -2.41. The fraction of sp³-hybridized carbons (Fsp3) is 0.318. The lowest BCUT2D eigenvalue weighted by Gasteiger charge is -2.34. The fourth-order valence-corrected chi connectivity index (χ4v) is 3.54. The van der Waals surface area contributed by atoms with Crippen molar-refractivity contribution < 1.29 is 14.6 Å². The van der Waals surface area contributed by atoms with Crippen LogP contribution in [0.3, 0.4) is 0 Å². The number of morpholine rings is 1. The molecule has 0 radical (unpaired) electrons. The minimum atomic E-state index is -0.238. The van der Waals surface area contributed by atoms with Gasteiger partial charge in [-0.1, -0.05) is 12.1 Å². The number of nitrogens with zero attached hydrogens (tertiary/aromatic N) is 5. The lowest BCUT2D eigenvalue weighted by molar-refractivity contribution is 0.0389. The third kappa shape index (κ3) is 4.66. The highest BCUT2D eigenvalue weighted by Gasteiger charge is 2.25. The van der Waals surface area contributed by atoms with E-state index in [-0.39, 0.29) is 30.7 Å². The molecule has 0 bridgehead atoms. The fourth-order valence-electron chi connectivity index (χ4n) is 3.54. The van der Waals surface area contributed by atoms with Crippen molar-refractivity contribution in [1.82, 2.24) is 24.8 Å². The normalized spacial score (nSPS) is 16.1. The van der Waals surface area contributed by atoms with Gasteiger partial charge < -0.3 is 20.1 Å². The Bertz CT molecular complexity index is 1130. The first-order valence-electron chi connectivity index (χ1n) is 10.3. The summed E-state index contributed by atoms with van der Waals surface area (Å²) in [6.45, 7) is 1.66. The highest BCUT2D eigenvalue weighted by molar-refractivity contribution is 5.94. The molecule has 1 aliphatic heterocycles. The van der Waals surface area contributed by atoms with E-state index >= 15 is 0 Å². The Morgan fingerprint density at radius 1 is 1.25 bits per heavy atom. The number of aliphatic hydroxyl groups excluding tert-OH is 1. The van der Waals surface area contributed by atoms with Crippen LogP contribution in [0.15, 0.2) is 53.7 Å². The summed E-state index contributed by atoms with van der Waals surface area (Å²) in [6.07, 6.45) is 2.80. The number of amides is 1. The van der Waals surface area contributed by atoms with Crippen LogP contribution in [-0.2, 0) is 11.8 Å². The summed E-state index contributed by atoms with van der Waals surface area (Å²) in [5, 5.41) is 11.5. The average Bonchev–Trinajstić information content (AvgIpc) is 2.85. The molecule has 3 heterocycles. The molecule has 2 aromatic heterocycles. The lowest BCUT2D eigenvalue weighted by atomic mass is 10.1. The Labute approximate surface area is 184 Å². The van der Waals surface area contributed by atoms with E-state index in [1.165, 1.54) is 17.0 Å². The van der Waals surface area contributed by atoms with Gasteiger partial charge in [0.05, 0.1) is 31.1 Å². The molecule has 1 aliphatic rings. The summed E-state index contributed by atoms with van der Waals surface area (Å²) in [4.78, 5) is 39.4. The number of hydrogen-bond acceptors (Lipinski definition) is 8. The van der Waals surface area contributed by atoms with Crippen molar-refractivity contribution in [1.29, 1.82) is 0 Å². The quantitative estimate of drug-likeness (QED) is 0.574. The summed E-state index contributed by atoms with van der Waals surface area (Å²) in [6, 6.07) is 10.3. The Morgan fingerprint density at radius 2 is 2.06 bits per heavy atom. The van der Waals surface area contributed by atoms with Gasteiger partial charge in [-0.3, -0.25) is 14.2 Å². The standard InChI is InChI=1S/C22H24N6O4/c1-27-20(30)12-18(17-6-7-23-14-25-17)26-22(27)28-9-11-32-19(13-28)15-2-4-16(5-3-15)21(31)24-8-10-29/h2-7,12,14,19,29H,8-11,13H2,1H3,(H,24,31)/t19-/m1/s1. The highest BCUT2D eigenvalue weighted by atomic mass is 16.5. The molecule has 4 rings (SSSR count). The Balaban J connectivity index is 1.55. The van der Waals surface area contributed by atoms with Gasteiger partial charge in [0.25, 0.3) is 11.5 Å². The van der Waals surface area contributed by atoms with Crippen molar-refractivity contribution in [3.8, 4) is 11.4 Å². The van der Waals surface area contributed by atoms with Gasteiger partial charge in [0.15, 0.2) is 0 Å². The monoisotopic (exact) mass is 436 g/mol. The number of hydrogen-bond donors (Lipinski definition) is 2. The van der Waals surface area contributed by atoms with Crippen molar-refractivity contribution in [3.63, 3.8) is 0 Å². The van der Waals surface area contributed by atoms with Crippen LogP contribution in [0.5, 0.6) is 0 Å². The van der Waals surface area contributed by atoms with Crippen LogP contribution >= 0.6 is 0 Å². The maximum atomic E-state index is 12.6. The van der Waals surface area contributed by atoms with E-state index in [2.05, 4.69) is 15.3 Å². The highest BCUT2D eigenvalue weighted by Crippen LogP contribution is 2.26. The molecule has 10 nitrogen and oxygen atoms in total. The number of carbonyl (C=O) groups excluding carboxylic acids is 1. The van der Waals surface area contributed by atoms with Crippen LogP contribution < -0.4 is 15.8 Å². The predicted molar refractivity (Wildman–Crippen MR) is 117 cm³/mol. The molecule has 10 heteroatoms. The van der Waals surface area contributed by atoms with E-state index < -0.39 is 0 Å². The third-order valence-electron chi connectivity index (χ3n) is 5.25. The number of aliphatic hydroxyl groups is 1. The number of carbonyl (C=O) groups is 1. The van der Waals surface area contributed by atoms with Gasteiger partial charge in [-0.05, 0) is 23.8 Å². The molecule has 1 amide bonds. The minimum absolute atomic E-state index is 0.107. The van der Waals surface area contributed by atoms with Gasteiger partial charge >= 0.3 is 0 Å². The smallest absolute Gasteiger partial charge is 0.255 e. The van der Waals surface area contributed by atoms with Crippen molar-refractivity contribution in [2.75, 3.05) is 37.7 Å². The molecule has 1 aromatic carbocycles. The number of aromatic nitrogens is 4. The zero-order valence-corrected chi connectivity index (χ0v) is 17.6. The molecule has 0 spiro atoms. The van der Waals surface area contributed by atoms with Crippen molar-refractivity contribution in [3.05, 3.63) is 70.4 Å². The molecule has 0 aliphatic carbocycles. The van der Waals surface area contributed by atoms with Crippen LogP contribution in [-0.4, -0.2) is 63.4 Å². The van der Waals surface area contributed by atoms with Crippen molar-refractivity contribution in [2.24, 2.45) is 7.05 Å². The van der Waals surface area contributed by atoms with Crippen LogP contribution in [0.2, 0.25) is 0 Å². The Kier molecular flexibility index (Phi) is 6.52. The van der Waals surface area contributed by atoms with Gasteiger partial charge in [0.1, 0.15) is 12.4 Å². The zero-order valence-electron chi connectivity index (χ0n) is 17.6. The van der Waals surface area contributed by atoms with Crippen LogP contribution in [0, 0.1) is 0 Å². The van der Waals surface area contributed by atoms with Crippen LogP contribution in [0.1, 0.15) is 22.0 Å². The summed E-state index contributed by atoms with van der Waals surface area (Å²) in [5.74, 6) is 0.303. The maximum absolute atomic E-state index is 12.6. The number of rotatable bonds is 6. The summed E-state index contributed by atoms with van der Waals surface area (Å²) in [5.41, 5.74) is 2.33. The topological polar surface area (TPSA) is 122 Å². The SMILES string of the molecule is Cn1c(N2CCO[C@@H](c3ccc(C(=O)NCCO)cc3)C2)nc(-c2ccncn2)cc1=O. The van der Waals surface area contributed by atoms with E-state index in [0.29, 0.717) is 42.6 Å². The number of benzene rings is 1. The summed E-state index contributed by atoms with van der Waals surface area (Å²) >= 11 is 0. The van der Waals surface area contributed by atoms with Crippen LogP contribution in [0.25, 0.3) is 11.4 Å². The van der Waals surface area contributed by atoms with Crippen LogP contribution in [0.4, 0.5) is 5.95 Å². The first-order chi connectivity index (χ1) is 15.6. The van der Waals surface area contributed by atoms with E-state index in [1.54, 1.807) is 31.4 Å². The largest absolute Gasteiger partial charge is 0.395 e. The molecule has 1 saturated heterocycles. The molecular formula is C22H24N6O4. The third-order valence-corrected chi connectivity index (χ3v) is 5.25. The molecular weight excluding hydrogens is 412 g/mol. The average molecular weight is 436 g/mol. The molecule has 32 heavy (non-hydrogen) atoms. The van der Waals surface area contributed by atoms with E-state index in [0.717, 1.165) is 5.56 Å². The number of anilines is 1. The van der Waals surface area contributed by atoms with Gasteiger partial charge in [-0.15, -0.1) is 0 Å². The van der Waals surface area contributed by atoms with Gasteiger partial charge in [-0.25, -0.2) is 15.0 Å². The molecule has 2 N–H and O–H groups in total. The first kappa shape index (κ1) is 21.6. The van der Waals surface area contributed by atoms with Crippen molar-refractivity contribution in [2.45, 2.75) is 6.10 Å². The summed E-state index contributed by atoms with van der Waals surface area (Å²) < 4.78 is 7.47. The first-order valence-corrected chi connectivity index (χ1v) is 10.3. The molecule has 0 saturated carbocycles. The second-order valence-electron chi connectivity index (χ2n) is 7.34. The van der Waals surface area contributed by atoms with Gasteiger partial charge in [0.2, 0.25) is 5.95 Å². The van der Waals surface area contributed by atoms with Crippen molar-refractivity contribution >= 4 is 11.9 Å². The van der Waals surface area contributed by atoms with Gasteiger partial charge in [0, 0.05) is 38.0 Å². The molecule has 3 aromatic rings. The number of nitrogens with one attached hydrogen (secondary N) is 1. The molecule has 1 atom stereocenters. The Morgan fingerprint density at radius 3 is 2.78 bits per heavy atom. The molecule has 1 fully saturated rings. The summed E-state index contributed by atoms with van der Waals surface area (Å²) in [7, 11) is 1.69. The second kappa shape index (κ2) is 9.67. The second-order valence-corrected chi connectivity index (χ2v) is 7.34. The molecule has 0 unspecified atom stereocenters.